The molecule has 2 aliphatic heterocycles. The van der Waals surface area contributed by atoms with Crippen molar-refractivity contribution in [2.75, 3.05) is 23.0 Å². The second-order valence-electron chi connectivity index (χ2n) is 5.44. The lowest BCUT2D eigenvalue weighted by Gasteiger charge is -2.37. The highest BCUT2D eigenvalue weighted by atomic mass is 32.2. The lowest BCUT2D eigenvalue weighted by atomic mass is 10.0. The first-order valence-electron chi connectivity index (χ1n) is 6.60. The fourth-order valence-electron chi connectivity index (χ4n) is 2.93. The van der Waals surface area contributed by atoms with Gasteiger partial charge in [-0.2, -0.15) is 13.2 Å². The van der Waals surface area contributed by atoms with Gasteiger partial charge in [-0.25, -0.2) is 8.42 Å². The molecular formula is C13H13F3N2O3S. The van der Waals surface area contributed by atoms with E-state index >= 15 is 0 Å². The summed E-state index contributed by atoms with van der Waals surface area (Å²) >= 11 is 0. The molecule has 2 aliphatic rings. The summed E-state index contributed by atoms with van der Waals surface area (Å²) in [5.41, 5.74) is -0.790. The predicted octanol–water partition coefficient (Wildman–Crippen LogP) is 0.807. The lowest BCUT2D eigenvalue weighted by Crippen LogP contribution is -2.60. The lowest BCUT2D eigenvalue weighted by molar-refractivity contribution is -0.137. The van der Waals surface area contributed by atoms with Crippen LogP contribution in [-0.4, -0.2) is 44.5 Å². The SMILES string of the molecule is O=C1CNC2CS(=O)(=O)CC2N1c1cccc(C(F)(F)F)c1. The van der Waals surface area contributed by atoms with Gasteiger partial charge in [0.15, 0.2) is 9.84 Å². The zero-order valence-electron chi connectivity index (χ0n) is 11.3. The van der Waals surface area contributed by atoms with Crippen LogP contribution < -0.4 is 10.2 Å². The average molecular weight is 334 g/mol. The van der Waals surface area contributed by atoms with Crippen LogP contribution in [0.4, 0.5) is 18.9 Å². The van der Waals surface area contributed by atoms with Crippen molar-refractivity contribution in [1.29, 1.82) is 0 Å². The van der Waals surface area contributed by atoms with Crippen molar-refractivity contribution in [3.8, 4) is 0 Å². The minimum Gasteiger partial charge on any atom is -0.306 e. The number of piperazine rings is 1. The molecule has 0 spiro atoms. The molecule has 2 fully saturated rings. The van der Waals surface area contributed by atoms with Crippen LogP contribution in [0.5, 0.6) is 0 Å². The first-order chi connectivity index (χ1) is 10.2. The van der Waals surface area contributed by atoms with E-state index in [0.717, 1.165) is 12.1 Å². The van der Waals surface area contributed by atoms with Crippen molar-refractivity contribution in [3.05, 3.63) is 29.8 Å². The van der Waals surface area contributed by atoms with E-state index in [1.165, 1.54) is 17.0 Å². The first kappa shape index (κ1) is 15.3. The van der Waals surface area contributed by atoms with Crippen LogP contribution in [-0.2, 0) is 20.8 Å². The van der Waals surface area contributed by atoms with Gasteiger partial charge >= 0.3 is 6.18 Å². The zero-order chi connectivity index (χ0) is 16.1. The Morgan fingerprint density at radius 1 is 1.23 bits per heavy atom. The third kappa shape index (κ3) is 2.70. The van der Waals surface area contributed by atoms with Crippen LogP contribution in [0, 0.1) is 0 Å². The monoisotopic (exact) mass is 334 g/mol. The van der Waals surface area contributed by atoms with Crippen molar-refractivity contribution in [2.24, 2.45) is 0 Å². The Morgan fingerprint density at radius 2 is 1.95 bits per heavy atom. The fraction of sp³-hybridized carbons (Fsp3) is 0.462. The number of halogens is 3. The van der Waals surface area contributed by atoms with Gasteiger partial charge in [-0.3, -0.25) is 4.79 Å². The maximum Gasteiger partial charge on any atom is 0.416 e. The van der Waals surface area contributed by atoms with Crippen molar-refractivity contribution < 1.29 is 26.4 Å². The number of anilines is 1. The second kappa shape index (κ2) is 4.95. The molecule has 2 atom stereocenters. The van der Waals surface area contributed by atoms with Crippen LogP contribution in [0.15, 0.2) is 24.3 Å². The summed E-state index contributed by atoms with van der Waals surface area (Å²) in [6, 6.07) is 3.28. The molecule has 1 amide bonds. The third-order valence-corrected chi connectivity index (χ3v) is 5.61. The van der Waals surface area contributed by atoms with Crippen LogP contribution in [0.25, 0.3) is 0 Å². The summed E-state index contributed by atoms with van der Waals surface area (Å²) in [6.07, 6.45) is -4.52. The van der Waals surface area contributed by atoms with Crippen LogP contribution in [0.3, 0.4) is 0 Å². The maximum absolute atomic E-state index is 12.8. The molecule has 2 heterocycles. The molecule has 22 heavy (non-hydrogen) atoms. The summed E-state index contributed by atoms with van der Waals surface area (Å²) in [6.45, 7) is -0.0903. The Balaban J connectivity index is 2.00. The molecule has 0 aliphatic carbocycles. The van der Waals surface area contributed by atoms with Gasteiger partial charge in [0.1, 0.15) is 0 Å². The van der Waals surface area contributed by atoms with Gasteiger partial charge < -0.3 is 10.2 Å². The molecule has 1 aromatic carbocycles. The topological polar surface area (TPSA) is 66.5 Å². The molecule has 2 saturated heterocycles. The molecular weight excluding hydrogens is 321 g/mol. The van der Waals surface area contributed by atoms with Gasteiger partial charge in [0.05, 0.1) is 29.7 Å². The molecule has 0 saturated carbocycles. The maximum atomic E-state index is 12.8. The van der Waals surface area contributed by atoms with E-state index in [0.29, 0.717) is 0 Å². The minimum atomic E-state index is -4.52. The third-order valence-electron chi connectivity index (χ3n) is 3.89. The second-order valence-corrected chi connectivity index (χ2v) is 7.60. The molecule has 0 bridgehead atoms. The fourth-order valence-corrected chi connectivity index (χ4v) is 4.86. The number of alkyl halides is 3. The van der Waals surface area contributed by atoms with E-state index < -0.39 is 39.6 Å². The summed E-state index contributed by atoms with van der Waals surface area (Å²) < 4.78 is 61.9. The van der Waals surface area contributed by atoms with Gasteiger partial charge in [0.2, 0.25) is 5.91 Å². The van der Waals surface area contributed by atoms with Crippen LogP contribution in [0.2, 0.25) is 0 Å². The largest absolute Gasteiger partial charge is 0.416 e. The quantitative estimate of drug-likeness (QED) is 0.825. The summed E-state index contributed by atoms with van der Waals surface area (Å²) in [5, 5.41) is 2.84. The van der Waals surface area contributed by atoms with Crippen molar-refractivity contribution >= 4 is 21.4 Å². The smallest absolute Gasteiger partial charge is 0.306 e. The van der Waals surface area contributed by atoms with E-state index in [1.807, 2.05) is 0 Å². The van der Waals surface area contributed by atoms with E-state index in [1.54, 1.807) is 0 Å². The number of nitrogens with one attached hydrogen (secondary N) is 1. The Bertz CT molecular complexity index is 717. The summed E-state index contributed by atoms with van der Waals surface area (Å²) in [4.78, 5) is 13.3. The number of hydrogen-bond acceptors (Lipinski definition) is 4. The van der Waals surface area contributed by atoms with E-state index in [2.05, 4.69) is 5.32 Å². The molecule has 1 N–H and O–H groups in total. The number of carbonyl (C=O) groups excluding carboxylic acids is 1. The molecule has 9 heteroatoms. The van der Waals surface area contributed by atoms with E-state index in [-0.39, 0.29) is 23.7 Å². The van der Waals surface area contributed by atoms with Crippen molar-refractivity contribution in [1.82, 2.24) is 5.32 Å². The Hall–Kier alpha value is -1.61. The number of rotatable bonds is 1. The Labute approximate surface area is 125 Å². The molecule has 1 aromatic rings. The number of sulfone groups is 1. The number of hydrogen-bond donors (Lipinski definition) is 1. The Morgan fingerprint density at radius 3 is 2.64 bits per heavy atom. The Kier molecular flexibility index (Phi) is 3.44. The highest BCUT2D eigenvalue weighted by molar-refractivity contribution is 7.91. The number of nitrogens with zero attached hydrogens (tertiary/aromatic N) is 1. The standard InChI is InChI=1S/C13H13F3N2O3S/c14-13(15,16)8-2-1-3-9(4-8)18-11-7-22(20,21)6-10(11)17-5-12(18)19/h1-4,10-11,17H,5-7H2. The molecule has 2 unspecified atom stereocenters. The number of amides is 1. The van der Waals surface area contributed by atoms with Gasteiger partial charge in [-0.15, -0.1) is 0 Å². The van der Waals surface area contributed by atoms with E-state index in [9.17, 15) is 26.4 Å². The summed E-state index contributed by atoms with van der Waals surface area (Å²) in [5.74, 6) is -0.787. The van der Waals surface area contributed by atoms with Crippen LogP contribution >= 0.6 is 0 Å². The zero-order valence-corrected chi connectivity index (χ0v) is 12.1. The average Bonchev–Trinajstić information content (AvgIpc) is 2.72. The van der Waals surface area contributed by atoms with Gasteiger partial charge in [0.25, 0.3) is 0 Å². The molecule has 0 aromatic heterocycles. The normalized spacial score (nSPS) is 27.8. The van der Waals surface area contributed by atoms with E-state index in [4.69, 9.17) is 0 Å². The molecule has 5 nitrogen and oxygen atoms in total. The number of carbonyl (C=O) groups is 1. The van der Waals surface area contributed by atoms with Crippen molar-refractivity contribution in [3.63, 3.8) is 0 Å². The van der Waals surface area contributed by atoms with Gasteiger partial charge in [-0.05, 0) is 18.2 Å². The minimum absolute atomic E-state index is 0.0772. The summed E-state index contributed by atoms with van der Waals surface area (Å²) in [7, 11) is -3.31. The highest BCUT2D eigenvalue weighted by Crippen LogP contribution is 2.34. The van der Waals surface area contributed by atoms with Gasteiger partial charge in [-0.1, -0.05) is 6.07 Å². The van der Waals surface area contributed by atoms with Crippen molar-refractivity contribution in [2.45, 2.75) is 18.3 Å². The molecule has 3 rings (SSSR count). The number of fused-ring (bicyclic) bond motifs is 1. The number of benzene rings is 1. The van der Waals surface area contributed by atoms with Crippen LogP contribution in [0.1, 0.15) is 5.56 Å². The van der Waals surface area contributed by atoms with Gasteiger partial charge in [0, 0.05) is 11.7 Å². The molecule has 120 valence electrons. The highest BCUT2D eigenvalue weighted by Gasteiger charge is 2.46. The first-order valence-corrected chi connectivity index (χ1v) is 8.43. The predicted molar refractivity (Wildman–Crippen MR) is 73.2 cm³/mol. The molecule has 0 radical (unpaired) electrons.